The minimum Gasteiger partial charge on any atom is -0.349 e. The molecule has 0 aromatic carbocycles. The van der Waals surface area contributed by atoms with Gasteiger partial charge in [-0.3, -0.25) is 4.79 Å². The van der Waals surface area contributed by atoms with Gasteiger partial charge in [-0.2, -0.15) is 11.3 Å². The fraction of sp³-hybridized carbons (Fsp3) is 0.400. The van der Waals surface area contributed by atoms with Crippen LogP contribution < -0.4 is 5.32 Å². The van der Waals surface area contributed by atoms with Crippen molar-refractivity contribution in [2.24, 2.45) is 0 Å². The molecule has 0 saturated carbocycles. The Bertz CT molecular complexity index is 326. The first kappa shape index (κ1) is 10.7. The van der Waals surface area contributed by atoms with Crippen LogP contribution in [0.15, 0.2) is 16.8 Å². The van der Waals surface area contributed by atoms with Crippen LogP contribution in [0.3, 0.4) is 0 Å². The summed E-state index contributed by atoms with van der Waals surface area (Å²) in [5, 5.41) is 6.80. The van der Waals surface area contributed by atoms with Gasteiger partial charge in [0, 0.05) is 13.5 Å². The van der Waals surface area contributed by atoms with Crippen LogP contribution in [-0.2, 0) is 11.2 Å². The lowest BCUT2D eigenvalue weighted by Gasteiger charge is -2.02. The van der Waals surface area contributed by atoms with Gasteiger partial charge in [0.25, 0.3) is 6.04 Å². The molecule has 1 aromatic rings. The molecule has 1 heterocycles. The predicted octanol–water partition coefficient (Wildman–Crippen LogP) is 1.71. The van der Waals surface area contributed by atoms with E-state index in [1.807, 2.05) is 11.4 Å². The average Bonchev–Trinajstić information content (AvgIpc) is 2.69. The van der Waals surface area contributed by atoms with E-state index < -0.39 is 6.04 Å². The number of thiophene rings is 1. The summed E-state index contributed by atoms with van der Waals surface area (Å²) in [5.74, 6) is -0.185. The Morgan fingerprint density at radius 3 is 3.14 bits per heavy atom. The van der Waals surface area contributed by atoms with Gasteiger partial charge in [0.1, 0.15) is 0 Å². The highest BCUT2D eigenvalue weighted by Gasteiger charge is 2.14. The maximum atomic E-state index is 11.2. The Kier molecular flexibility index (Phi) is 4.14. The van der Waals surface area contributed by atoms with Crippen LogP contribution in [0.5, 0.6) is 0 Å². The smallest absolute Gasteiger partial charge is 0.302 e. The van der Waals surface area contributed by atoms with Gasteiger partial charge in [0.05, 0.1) is 0 Å². The second kappa shape index (κ2) is 5.40. The summed E-state index contributed by atoms with van der Waals surface area (Å²) in [4.78, 5) is 14.3. The van der Waals surface area contributed by atoms with E-state index >= 15 is 0 Å². The maximum absolute atomic E-state index is 11.2. The van der Waals surface area contributed by atoms with Crippen LogP contribution in [0.1, 0.15) is 12.5 Å². The SMILES string of the molecule is [C-]#[N+]C(C)C(=O)NCCc1ccsc1. The molecule has 1 atom stereocenters. The molecule has 0 aliphatic carbocycles. The van der Waals surface area contributed by atoms with Gasteiger partial charge in [-0.1, -0.05) is 0 Å². The first-order valence-corrected chi connectivity index (χ1v) is 5.33. The van der Waals surface area contributed by atoms with E-state index in [1.165, 1.54) is 5.56 Å². The van der Waals surface area contributed by atoms with E-state index in [9.17, 15) is 4.79 Å². The fourth-order valence-corrected chi connectivity index (χ4v) is 1.67. The summed E-state index contributed by atoms with van der Waals surface area (Å²) < 4.78 is 0. The molecule has 74 valence electrons. The molecule has 0 spiro atoms. The number of nitrogens with one attached hydrogen (secondary N) is 1. The van der Waals surface area contributed by atoms with Crippen LogP contribution in [0, 0.1) is 6.57 Å². The molecule has 3 nitrogen and oxygen atoms in total. The van der Waals surface area contributed by atoms with Crippen molar-refractivity contribution in [2.45, 2.75) is 19.4 Å². The van der Waals surface area contributed by atoms with Crippen LogP contribution in [-0.4, -0.2) is 18.5 Å². The molecule has 0 aliphatic rings. The molecule has 14 heavy (non-hydrogen) atoms. The molecule has 0 saturated heterocycles. The minimum atomic E-state index is -0.572. The quantitative estimate of drug-likeness (QED) is 0.751. The number of amides is 1. The summed E-state index contributed by atoms with van der Waals surface area (Å²) in [6.07, 6.45) is 0.833. The minimum absolute atomic E-state index is 0.185. The van der Waals surface area contributed by atoms with Crippen molar-refractivity contribution in [2.75, 3.05) is 6.54 Å². The lowest BCUT2D eigenvalue weighted by atomic mass is 10.2. The second-order valence-corrected chi connectivity index (χ2v) is 3.76. The highest BCUT2D eigenvalue weighted by molar-refractivity contribution is 7.07. The molecule has 4 heteroatoms. The van der Waals surface area contributed by atoms with E-state index in [0.29, 0.717) is 6.54 Å². The molecular formula is C10H12N2OS. The van der Waals surface area contributed by atoms with Crippen LogP contribution in [0.2, 0.25) is 0 Å². The predicted molar refractivity (Wildman–Crippen MR) is 57.1 cm³/mol. The first-order valence-electron chi connectivity index (χ1n) is 4.39. The molecule has 1 amide bonds. The zero-order valence-electron chi connectivity index (χ0n) is 7.99. The van der Waals surface area contributed by atoms with Crippen molar-refractivity contribution in [1.29, 1.82) is 0 Å². The molecule has 1 rings (SSSR count). The number of carbonyl (C=O) groups is 1. The number of rotatable bonds is 4. The lowest BCUT2D eigenvalue weighted by Crippen LogP contribution is -2.32. The third-order valence-electron chi connectivity index (χ3n) is 1.87. The van der Waals surface area contributed by atoms with Gasteiger partial charge in [0.2, 0.25) is 0 Å². The number of nitrogens with zero attached hydrogens (tertiary/aromatic N) is 1. The van der Waals surface area contributed by atoms with Gasteiger partial charge in [0.15, 0.2) is 0 Å². The Balaban J connectivity index is 2.23. The monoisotopic (exact) mass is 208 g/mol. The van der Waals surface area contributed by atoms with E-state index in [-0.39, 0.29) is 5.91 Å². The van der Waals surface area contributed by atoms with E-state index in [1.54, 1.807) is 18.3 Å². The third-order valence-corrected chi connectivity index (χ3v) is 2.60. The van der Waals surface area contributed by atoms with Crippen LogP contribution in [0.25, 0.3) is 4.85 Å². The van der Waals surface area contributed by atoms with Gasteiger partial charge in [-0.15, -0.1) is 0 Å². The van der Waals surface area contributed by atoms with Crippen LogP contribution in [0.4, 0.5) is 0 Å². The van der Waals surface area contributed by atoms with E-state index in [0.717, 1.165) is 6.42 Å². The van der Waals surface area contributed by atoms with Crippen molar-refractivity contribution in [1.82, 2.24) is 5.32 Å². The lowest BCUT2D eigenvalue weighted by molar-refractivity contribution is -0.121. The van der Waals surface area contributed by atoms with Crippen LogP contribution >= 0.6 is 11.3 Å². The Morgan fingerprint density at radius 2 is 2.57 bits per heavy atom. The van der Waals surface area contributed by atoms with Gasteiger partial charge < -0.3 is 10.2 Å². The van der Waals surface area contributed by atoms with Crippen molar-refractivity contribution in [3.8, 4) is 0 Å². The standard InChI is InChI=1S/C10H12N2OS/c1-8(11-2)10(13)12-5-3-9-4-6-14-7-9/h4,6-8H,3,5H2,1H3,(H,12,13). The van der Waals surface area contributed by atoms with Gasteiger partial charge >= 0.3 is 5.91 Å². The topological polar surface area (TPSA) is 33.5 Å². The second-order valence-electron chi connectivity index (χ2n) is 2.98. The first-order chi connectivity index (χ1) is 6.74. The number of hydrogen-bond acceptors (Lipinski definition) is 2. The molecule has 1 aromatic heterocycles. The maximum Gasteiger partial charge on any atom is 0.302 e. The highest BCUT2D eigenvalue weighted by atomic mass is 32.1. The molecule has 0 radical (unpaired) electrons. The van der Waals surface area contributed by atoms with Crippen molar-refractivity contribution < 1.29 is 4.79 Å². The highest BCUT2D eigenvalue weighted by Crippen LogP contribution is 2.05. The Morgan fingerprint density at radius 1 is 1.79 bits per heavy atom. The molecule has 1 unspecified atom stereocenters. The summed E-state index contributed by atoms with van der Waals surface area (Å²) in [5.41, 5.74) is 1.23. The summed E-state index contributed by atoms with van der Waals surface area (Å²) >= 11 is 1.65. The number of hydrogen-bond donors (Lipinski definition) is 1. The summed E-state index contributed by atoms with van der Waals surface area (Å²) in [7, 11) is 0. The van der Waals surface area contributed by atoms with Crippen molar-refractivity contribution in [3.05, 3.63) is 33.8 Å². The van der Waals surface area contributed by atoms with Crippen molar-refractivity contribution >= 4 is 17.2 Å². The van der Waals surface area contributed by atoms with Gasteiger partial charge in [-0.05, 0) is 28.8 Å². The molecule has 0 fully saturated rings. The Hall–Kier alpha value is -1.34. The zero-order chi connectivity index (χ0) is 10.4. The molecule has 0 bridgehead atoms. The molecule has 1 N–H and O–H groups in total. The fourth-order valence-electron chi connectivity index (χ4n) is 0.971. The van der Waals surface area contributed by atoms with Gasteiger partial charge in [-0.25, -0.2) is 6.57 Å². The largest absolute Gasteiger partial charge is 0.349 e. The zero-order valence-corrected chi connectivity index (χ0v) is 8.80. The third kappa shape index (κ3) is 3.19. The summed E-state index contributed by atoms with van der Waals surface area (Å²) in [6.45, 7) is 8.89. The molecular weight excluding hydrogens is 196 g/mol. The van der Waals surface area contributed by atoms with Crippen molar-refractivity contribution in [3.63, 3.8) is 0 Å². The average molecular weight is 208 g/mol. The summed E-state index contributed by atoms with van der Waals surface area (Å²) in [6, 6.07) is 1.47. The van der Waals surface area contributed by atoms with E-state index in [2.05, 4.69) is 15.5 Å². The molecule has 0 aliphatic heterocycles. The normalized spacial score (nSPS) is 11.7. The number of carbonyl (C=O) groups excluding carboxylic acids is 1. The Labute approximate surface area is 87.6 Å². The van der Waals surface area contributed by atoms with E-state index in [4.69, 9.17) is 6.57 Å².